The minimum Gasteiger partial charge on any atom is -0.495 e. The number of hydrogen-bond donors (Lipinski definition) is 3. The molecular weight excluding hydrogens is 600 g/mol. The molecule has 232 valence electrons. The van der Waals surface area contributed by atoms with Crippen LogP contribution in [0.3, 0.4) is 0 Å². The second-order valence-corrected chi connectivity index (χ2v) is 11.0. The molecule has 1 amide bonds. The maximum atomic E-state index is 14.0. The lowest BCUT2D eigenvalue weighted by Crippen LogP contribution is -2.21. The van der Waals surface area contributed by atoms with Crippen molar-refractivity contribution in [2.75, 3.05) is 38.0 Å². The summed E-state index contributed by atoms with van der Waals surface area (Å²) in [5.74, 6) is -0.887. The van der Waals surface area contributed by atoms with Crippen molar-refractivity contribution < 1.29 is 31.8 Å². The molecule has 44 heavy (non-hydrogen) atoms. The van der Waals surface area contributed by atoms with E-state index in [4.69, 9.17) is 13.8 Å². The Kier molecular flexibility index (Phi) is 9.57. The van der Waals surface area contributed by atoms with E-state index in [-0.39, 0.29) is 17.3 Å². The Hall–Kier alpha value is -4.33. The van der Waals surface area contributed by atoms with Crippen LogP contribution in [-0.2, 0) is 27.9 Å². The van der Waals surface area contributed by atoms with Crippen LogP contribution in [0.4, 0.5) is 36.3 Å². The minimum atomic E-state index is -4.79. The summed E-state index contributed by atoms with van der Waals surface area (Å²) in [4.78, 5) is 25.3. The molecular formula is C28H30F3N8O4P. The van der Waals surface area contributed by atoms with E-state index in [1.54, 1.807) is 35.3 Å². The molecule has 1 unspecified atom stereocenters. The summed E-state index contributed by atoms with van der Waals surface area (Å²) in [6, 6.07) is 8.41. The van der Waals surface area contributed by atoms with Crippen molar-refractivity contribution in [3.63, 3.8) is 0 Å². The molecule has 0 spiro atoms. The quantitative estimate of drug-likeness (QED) is 0.235. The molecule has 3 N–H and O–H groups in total. The number of aryl methyl sites for hydroxylation is 1. The molecule has 7 heterocycles. The number of rotatable bonds is 4. The van der Waals surface area contributed by atoms with E-state index in [2.05, 4.69) is 36.0 Å². The number of anilines is 4. The second-order valence-electron chi connectivity index (χ2n) is 9.50. The zero-order valence-electron chi connectivity index (χ0n) is 24.1. The highest BCUT2D eigenvalue weighted by Crippen LogP contribution is 2.44. The lowest BCUT2D eigenvalue weighted by molar-refractivity contribution is -0.137. The highest BCUT2D eigenvalue weighted by atomic mass is 31.2. The van der Waals surface area contributed by atoms with Crippen LogP contribution < -0.4 is 20.7 Å². The Morgan fingerprint density at radius 3 is 2.73 bits per heavy atom. The molecule has 16 heteroatoms. The smallest absolute Gasteiger partial charge is 0.421 e. The normalized spacial score (nSPS) is 15.5. The van der Waals surface area contributed by atoms with Gasteiger partial charge in [-0.2, -0.15) is 23.3 Å². The summed E-state index contributed by atoms with van der Waals surface area (Å²) >= 11 is 0. The molecule has 0 aliphatic carbocycles. The van der Waals surface area contributed by atoms with Crippen LogP contribution in [0.2, 0.25) is 0 Å². The van der Waals surface area contributed by atoms with Crippen molar-refractivity contribution in [3.8, 4) is 17.0 Å². The summed E-state index contributed by atoms with van der Waals surface area (Å²) in [6.45, 7) is 3.39. The molecule has 1 atom stereocenters. The van der Waals surface area contributed by atoms with Gasteiger partial charge < -0.3 is 29.7 Å². The predicted octanol–water partition coefficient (Wildman–Crippen LogP) is 5.88. The molecule has 8 bridgehead atoms. The highest BCUT2D eigenvalue weighted by Gasteiger charge is 2.36. The zero-order valence-corrected chi connectivity index (χ0v) is 25.0. The van der Waals surface area contributed by atoms with Crippen molar-refractivity contribution in [3.05, 3.63) is 65.7 Å². The fourth-order valence-corrected chi connectivity index (χ4v) is 5.75. The molecule has 0 fully saturated rings. The number of alkyl halides is 3. The van der Waals surface area contributed by atoms with Crippen molar-refractivity contribution in [2.45, 2.75) is 32.2 Å². The molecule has 4 aliphatic rings. The molecule has 0 saturated heterocycles. The zero-order chi connectivity index (χ0) is 31.3. The number of pyridine rings is 1. The molecule has 0 saturated carbocycles. The van der Waals surface area contributed by atoms with Crippen LogP contribution in [0.25, 0.3) is 11.3 Å². The first-order valence-electron chi connectivity index (χ1n) is 13.6. The molecule has 3 aromatic heterocycles. The van der Waals surface area contributed by atoms with E-state index in [0.29, 0.717) is 61.2 Å². The van der Waals surface area contributed by atoms with Gasteiger partial charge in [-0.3, -0.25) is 9.48 Å². The largest absolute Gasteiger partial charge is 0.495 e. The first-order valence-corrected chi connectivity index (χ1v) is 15.0. The molecule has 1 aromatic carbocycles. The average Bonchev–Trinajstić information content (AvgIpc) is 3.48. The van der Waals surface area contributed by atoms with Crippen LogP contribution >= 0.6 is 8.38 Å². The van der Waals surface area contributed by atoms with Crippen LogP contribution in [0.1, 0.15) is 35.0 Å². The average molecular weight is 631 g/mol. The van der Waals surface area contributed by atoms with Gasteiger partial charge in [-0.25, -0.2) is 9.97 Å². The van der Waals surface area contributed by atoms with Crippen LogP contribution in [-0.4, -0.2) is 58.0 Å². The van der Waals surface area contributed by atoms with Gasteiger partial charge in [0.05, 0.1) is 43.6 Å². The fraction of sp³-hybridized carbons (Fsp3) is 0.321. The van der Waals surface area contributed by atoms with Crippen molar-refractivity contribution in [1.29, 1.82) is 0 Å². The Morgan fingerprint density at radius 2 is 1.98 bits per heavy atom. The first-order chi connectivity index (χ1) is 21.2. The van der Waals surface area contributed by atoms with Gasteiger partial charge in [0.15, 0.2) is 14.1 Å². The van der Waals surface area contributed by atoms with E-state index in [1.807, 2.05) is 13.0 Å². The van der Waals surface area contributed by atoms with E-state index >= 15 is 0 Å². The lowest BCUT2D eigenvalue weighted by atomic mass is 10.1. The third-order valence-corrected chi connectivity index (χ3v) is 8.12. The molecule has 0 radical (unpaired) electrons. The van der Waals surface area contributed by atoms with Gasteiger partial charge in [0, 0.05) is 37.7 Å². The monoisotopic (exact) mass is 630 g/mol. The number of aromatic nitrogens is 5. The predicted molar refractivity (Wildman–Crippen MR) is 158 cm³/mol. The SMILES string of the molecule is CCOP1Cc2ccc(c(OC)c2)Nc2ncc(C(F)(F)F)c(n2)Nc2ccc(nc2C(=O)NC)-c2cnn(c2)CCCO1. The van der Waals surface area contributed by atoms with E-state index in [1.165, 1.54) is 20.2 Å². The van der Waals surface area contributed by atoms with Crippen LogP contribution in [0.5, 0.6) is 5.75 Å². The van der Waals surface area contributed by atoms with Gasteiger partial charge in [0.2, 0.25) is 5.95 Å². The number of carbonyl (C=O) groups is 1. The van der Waals surface area contributed by atoms with Gasteiger partial charge in [-0.15, -0.1) is 0 Å². The van der Waals surface area contributed by atoms with Gasteiger partial charge >= 0.3 is 6.18 Å². The Bertz CT molecular complexity index is 1630. The minimum absolute atomic E-state index is 0.0164. The Balaban J connectivity index is 1.60. The number of nitrogens with zero attached hydrogens (tertiary/aromatic N) is 5. The first kappa shape index (κ1) is 31.1. The Morgan fingerprint density at radius 1 is 1.16 bits per heavy atom. The van der Waals surface area contributed by atoms with Crippen molar-refractivity contribution in [1.82, 2.24) is 30.0 Å². The summed E-state index contributed by atoms with van der Waals surface area (Å²) in [6.07, 6.45) is 0.427. The number of hydrogen-bond acceptors (Lipinski definition) is 10. The third kappa shape index (κ3) is 7.24. The summed E-state index contributed by atoms with van der Waals surface area (Å²) in [5, 5.41) is 12.5. The second kappa shape index (κ2) is 13.5. The van der Waals surface area contributed by atoms with Gasteiger partial charge in [-0.05, 0) is 43.2 Å². The van der Waals surface area contributed by atoms with Gasteiger partial charge in [0.25, 0.3) is 5.91 Å². The number of nitrogens with one attached hydrogen (secondary N) is 3. The number of ether oxygens (including phenoxy) is 1. The summed E-state index contributed by atoms with van der Waals surface area (Å²) < 4.78 is 61.3. The topological polar surface area (TPSA) is 137 Å². The Labute approximate surface area is 252 Å². The third-order valence-electron chi connectivity index (χ3n) is 6.48. The van der Waals surface area contributed by atoms with Crippen LogP contribution in [0, 0.1) is 0 Å². The summed E-state index contributed by atoms with van der Waals surface area (Å²) in [5.41, 5.74) is 1.12. The summed E-state index contributed by atoms with van der Waals surface area (Å²) in [7, 11) is 1.64. The molecule has 8 rings (SSSR count). The van der Waals surface area contributed by atoms with E-state index in [9.17, 15) is 18.0 Å². The number of carbonyl (C=O) groups excluding carboxylic acids is 1. The van der Waals surface area contributed by atoms with Crippen LogP contribution in [0.15, 0.2) is 48.9 Å². The number of methoxy groups -OCH3 is 1. The van der Waals surface area contributed by atoms with E-state index < -0.39 is 31.8 Å². The molecule has 4 aromatic rings. The highest BCUT2D eigenvalue weighted by molar-refractivity contribution is 7.46. The van der Waals surface area contributed by atoms with Crippen molar-refractivity contribution >= 4 is 37.4 Å². The van der Waals surface area contributed by atoms with Gasteiger partial charge in [0.1, 0.15) is 17.1 Å². The maximum absolute atomic E-state index is 14.0. The number of benzene rings is 1. The maximum Gasteiger partial charge on any atom is 0.421 e. The molecule has 4 aliphatic heterocycles. The lowest BCUT2D eigenvalue weighted by Gasteiger charge is -2.19. The fourth-order valence-electron chi connectivity index (χ4n) is 4.37. The van der Waals surface area contributed by atoms with Crippen molar-refractivity contribution in [2.24, 2.45) is 0 Å². The number of halogens is 3. The standard InChI is InChI=1S/C28H30F3N8O4P/c1-4-42-44-16-17-6-7-21(23(12-17)41-3)37-27-33-14-19(28(29,30)31)25(38-27)36-22-9-8-20(35-24(22)26(40)32-2)18-13-34-39(15-18)10-5-11-43-44/h6-9,12-15H,4-5,10-11,16H2,1-3H3,(H,32,40)(H2,33,36,37,38). The van der Waals surface area contributed by atoms with Gasteiger partial charge in [-0.1, -0.05) is 6.07 Å². The molecule has 12 nitrogen and oxygen atoms in total. The van der Waals surface area contributed by atoms with E-state index in [0.717, 1.165) is 5.56 Å². The number of amides is 1.